The van der Waals surface area contributed by atoms with Crippen molar-refractivity contribution in [2.24, 2.45) is 0 Å². The van der Waals surface area contributed by atoms with Gasteiger partial charge in [-0.2, -0.15) is 0 Å². The monoisotopic (exact) mass is 265 g/mol. The van der Waals surface area contributed by atoms with Crippen LogP contribution in [0, 0.1) is 6.92 Å². The number of nitrogens with zero attached hydrogens (tertiary/aromatic N) is 1. The summed E-state index contributed by atoms with van der Waals surface area (Å²) in [6.07, 6.45) is 5.89. The van der Waals surface area contributed by atoms with Gasteiger partial charge in [-0.05, 0) is 26.3 Å². The van der Waals surface area contributed by atoms with Crippen molar-refractivity contribution < 1.29 is 0 Å². The summed E-state index contributed by atoms with van der Waals surface area (Å²) in [5, 5.41) is 3.18. The highest BCUT2D eigenvalue weighted by atomic mass is 32.1. The van der Waals surface area contributed by atoms with Gasteiger partial charge in [-0.25, -0.2) is 4.98 Å². The van der Waals surface area contributed by atoms with Crippen molar-refractivity contribution in [1.29, 1.82) is 0 Å². The third kappa shape index (κ3) is 6.55. The fraction of sp³-hybridized carbons (Fsp3) is 0.438. The zero-order chi connectivity index (χ0) is 14.6. The highest BCUT2D eigenvalue weighted by molar-refractivity contribution is 7.09. The van der Waals surface area contributed by atoms with Crippen molar-refractivity contribution in [3.63, 3.8) is 0 Å². The van der Waals surface area contributed by atoms with Crippen LogP contribution in [0.15, 0.2) is 35.8 Å². The second-order valence-electron chi connectivity index (χ2n) is 3.04. The molecule has 0 aliphatic carbocycles. The quantitative estimate of drug-likeness (QED) is 0.607. The van der Waals surface area contributed by atoms with Gasteiger partial charge < -0.3 is 0 Å². The molecule has 0 saturated carbocycles. The molecule has 2 heteroatoms. The Balaban J connectivity index is 0. The molecule has 0 fully saturated rings. The third-order valence-electron chi connectivity index (χ3n) is 2.04. The largest absolute Gasteiger partial charge is 0.242 e. The number of rotatable bonds is 3. The standard InChI is InChI=1S/C12H15NS.2C2H6/c1-5-7-11(9(3)6-2)12-8-14-10(4)13-12;2*1-2/h5-8H,1H2,2-4H3;2*1-2H3/b9-6-,11-7+;;. The van der Waals surface area contributed by atoms with Crippen LogP contribution >= 0.6 is 11.3 Å². The molecular formula is C16H27NS. The smallest absolute Gasteiger partial charge is 0.0901 e. The molecule has 0 aliphatic heterocycles. The Hall–Kier alpha value is -1.15. The fourth-order valence-electron chi connectivity index (χ4n) is 1.18. The van der Waals surface area contributed by atoms with E-state index in [0.717, 1.165) is 16.3 Å². The molecular weight excluding hydrogens is 238 g/mol. The summed E-state index contributed by atoms with van der Waals surface area (Å²) in [5.74, 6) is 0. The van der Waals surface area contributed by atoms with Crippen molar-refractivity contribution in [2.45, 2.75) is 48.5 Å². The summed E-state index contributed by atoms with van der Waals surface area (Å²) in [6, 6.07) is 0. The lowest BCUT2D eigenvalue weighted by Crippen LogP contribution is -1.86. The van der Waals surface area contributed by atoms with Gasteiger partial charge in [0.25, 0.3) is 0 Å². The fourth-order valence-corrected chi connectivity index (χ4v) is 1.79. The number of hydrogen-bond acceptors (Lipinski definition) is 2. The van der Waals surface area contributed by atoms with E-state index in [9.17, 15) is 0 Å². The predicted octanol–water partition coefficient (Wildman–Crippen LogP) is 6.04. The highest BCUT2D eigenvalue weighted by Gasteiger charge is 2.05. The second-order valence-corrected chi connectivity index (χ2v) is 4.10. The van der Waals surface area contributed by atoms with Gasteiger partial charge >= 0.3 is 0 Å². The molecule has 1 aromatic heterocycles. The van der Waals surface area contributed by atoms with E-state index < -0.39 is 0 Å². The predicted molar refractivity (Wildman–Crippen MR) is 87.2 cm³/mol. The maximum atomic E-state index is 4.46. The first-order valence-corrected chi connectivity index (χ1v) is 7.45. The van der Waals surface area contributed by atoms with Crippen LogP contribution in [0.5, 0.6) is 0 Å². The van der Waals surface area contributed by atoms with Crippen LogP contribution in [0.3, 0.4) is 0 Å². The average Bonchev–Trinajstić information content (AvgIpc) is 2.86. The van der Waals surface area contributed by atoms with Gasteiger partial charge in [0.05, 0.1) is 10.7 Å². The first kappa shape index (κ1) is 19.2. The maximum Gasteiger partial charge on any atom is 0.0901 e. The normalized spacial score (nSPS) is 10.8. The van der Waals surface area contributed by atoms with E-state index in [-0.39, 0.29) is 0 Å². The van der Waals surface area contributed by atoms with Gasteiger partial charge in [-0.3, -0.25) is 0 Å². The molecule has 1 aromatic rings. The third-order valence-corrected chi connectivity index (χ3v) is 2.81. The van der Waals surface area contributed by atoms with Crippen molar-refractivity contribution in [1.82, 2.24) is 4.98 Å². The summed E-state index contributed by atoms with van der Waals surface area (Å²) in [4.78, 5) is 4.46. The minimum absolute atomic E-state index is 1.04. The molecule has 0 aliphatic rings. The summed E-state index contributed by atoms with van der Waals surface area (Å²) in [7, 11) is 0. The van der Waals surface area contributed by atoms with Crippen LogP contribution in [0.1, 0.15) is 52.2 Å². The maximum absolute atomic E-state index is 4.46. The van der Waals surface area contributed by atoms with Crippen molar-refractivity contribution in [3.05, 3.63) is 46.5 Å². The first-order valence-electron chi connectivity index (χ1n) is 6.57. The molecule has 1 heterocycles. The summed E-state index contributed by atoms with van der Waals surface area (Å²) < 4.78 is 0. The molecule has 0 aromatic carbocycles. The lowest BCUT2D eigenvalue weighted by Gasteiger charge is -2.02. The summed E-state index contributed by atoms with van der Waals surface area (Å²) >= 11 is 1.67. The summed E-state index contributed by atoms with van der Waals surface area (Å²) in [5.41, 5.74) is 3.44. The molecule has 0 atom stereocenters. The highest BCUT2D eigenvalue weighted by Crippen LogP contribution is 2.24. The Kier molecular flexibility index (Phi) is 13.1. The van der Waals surface area contributed by atoms with Crippen LogP contribution in [-0.2, 0) is 0 Å². The Morgan fingerprint density at radius 3 is 2.17 bits per heavy atom. The van der Waals surface area contributed by atoms with Gasteiger partial charge in [0.1, 0.15) is 0 Å². The minimum Gasteiger partial charge on any atom is -0.242 e. The van der Waals surface area contributed by atoms with Gasteiger partial charge in [0.2, 0.25) is 0 Å². The van der Waals surface area contributed by atoms with Crippen LogP contribution in [-0.4, -0.2) is 4.98 Å². The van der Waals surface area contributed by atoms with Crippen molar-refractivity contribution in [3.8, 4) is 0 Å². The number of allylic oxidation sites excluding steroid dienone is 5. The molecule has 0 amide bonds. The molecule has 0 unspecified atom stereocenters. The molecule has 18 heavy (non-hydrogen) atoms. The van der Waals surface area contributed by atoms with E-state index in [0.29, 0.717) is 0 Å². The molecule has 102 valence electrons. The Labute approximate surface area is 117 Å². The first-order chi connectivity index (χ1) is 8.69. The van der Waals surface area contributed by atoms with Gasteiger partial charge in [-0.15, -0.1) is 11.3 Å². The van der Waals surface area contributed by atoms with E-state index in [1.54, 1.807) is 17.4 Å². The zero-order valence-corrected chi connectivity index (χ0v) is 13.7. The van der Waals surface area contributed by atoms with E-state index in [4.69, 9.17) is 0 Å². The van der Waals surface area contributed by atoms with Crippen molar-refractivity contribution >= 4 is 16.9 Å². The Morgan fingerprint density at radius 2 is 1.83 bits per heavy atom. The Bertz CT molecular complexity index is 384. The zero-order valence-electron chi connectivity index (χ0n) is 12.9. The van der Waals surface area contributed by atoms with E-state index in [2.05, 4.69) is 29.9 Å². The molecule has 0 saturated heterocycles. The molecule has 1 rings (SSSR count). The van der Waals surface area contributed by atoms with Crippen molar-refractivity contribution in [2.75, 3.05) is 0 Å². The van der Waals surface area contributed by atoms with Gasteiger partial charge in [0.15, 0.2) is 0 Å². The van der Waals surface area contributed by atoms with Crippen LogP contribution in [0.2, 0.25) is 0 Å². The number of hydrogen-bond donors (Lipinski definition) is 0. The van der Waals surface area contributed by atoms with Crippen LogP contribution in [0.4, 0.5) is 0 Å². The number of aromatic nitrogens is 1. The molecule has 0 spiro atoms. The number of aryl methyl sites for hydroxylation is 1. The van der Waals surface area contributed by atoms with E-state index in [1.165, 1.54) is 5.57 Å². The molecule has 0 N–H and O–H groups in total. The van der Waals surface area contributed by atoms with E-state index in [1.807, 2.05) is 47.6 Å². The second kappa shape index (κ2) is 12.3. The van der Waals surface area contributed by atoms with Gasteiger partial charge in [-0.1, -0.05) is 52.5 Å². The van der Waals surface area contributed by atoms with Crippen LogP contribution in [0.25, 0.3) is 5.57 Å². The molecule has 0 radical (unpaired) electrons. The summed E-state index contributed by atoms with van der Waals surface area (Å²) in [6.45, 7) is 17.9. The number of thiazole rings is 1. The van der Waals surface area contributed by atoms with Gasteiger partial charge in [0, 0.05) is 11.0 Å². The minimum atomic E-state index is 1.04. The lowest BCUT2D eigenvalue weighted by atomic mass is 10.0. The molecule has 0 bridgehead atoms. The van der Waals surface area contributed by atoms with Crippen LogP contribution < -0.4 is 0 Å². The lowest BCUT2D eigenvalue weighted by molar-refractivity contribution is 1.25. The average molecular weight is 265 g/mol. The topological polar surface area (TPSA) is 12.9 Å². The SMILES string of the molecule is C=C/C=C(\C(C)=C/C)c1csc(C)n1.CC.CC. The Morgan fingerprint density at radius 1 is 1.28 bits per heavy atom. The molecule has 1 nitrogen and oxygen atoms in total. The van der Waals surface area contributed by atoms with E-state index >= 15 is 0 Å².